The second-order valence-electron chi connectivity index (χ2n) is 11.8. The third kappa shape index (κ3) is 5.41. The van der Waals surface area contributed by atoms with Crippen molar-refractivity contribution in [2.24, 2.45) is 13.0 Å². The third-order valence-electron chi connectivity index (χ3n) is 8.97. The van der Waals surface area contributed by atoms with Crippen molar-refractivity contribution in [2.45, 2.75) is 32.0 Å². The molecule has 4 aromatic heterocycles. The minimum absolute atomic E-state index is 0.0192. The minimum atomic E-state index is -4.20. The van der Waals surface area contributed by atoms with Gasteiger partial charge in [0.1, 0.15) is 11.5 Å². The monoisotopic (exact) mass is 604 g/mol. The van der Waals surface area contributed by atoms with Crippen LogP contribution in [0.15, 0.2) is 54.7 Å². The van der Waals surface area contributed by atoms with Crippen LogP contribution < -0.4 is 4.90 Å². The van der Waals surface area contributed by atoms with Gasteiger partial charge in [0.05, 0.1) is 35.0 Å². The summed E-state index contributed by atoms with van der Waals surface area (Å²) in [7, 11) is 1.88. The van der Waals surface area contributed by atoms with E-state index in [1.54, 1.807) is 4.68 Å². The number of nitrogens with zero attached hydrogens (tertiary/aromatic N) is 8. The number of anilines is 1. The van der Waals surface area contributed by atoms with Gasteiger partial charge in [0.15, 0.2) is 0 Å². The van der Waals surface area contributed by atoms with Crippen LogP contribution >= 0.6 is 0 Å². The first-order chi connectivity index (χ1) is 21.3. The van der Waals surface area contributed by atoms with Gasteiger partial charge in [0, 0.05) is 63.6 Å². The van der Waals surface area contributed by atoms with Crippen molar-refractivity contribution in [3.63, 3.8) is 0 Å². The van der Waals surface area contributed by atoms with Crippen molar-refractivity contribution in [3.05, 3.63) is 66.0 Å². The minimum Gasteiger partial charge on any atom is -0.381 e. The molecule has 7 rings (SSSR count). The summed E-state index contributed by atoms with van der Waals surface area (Å²) in [6, 6.07) is 16.7. The molecule has 0 saturated carbocycles. The van der Waals surface area contributed by atoms with E-state index in [1.807, 2.05) is 32.3 Å². The van der Waals surface area contributed by atoms with E-state index < -0.39 is 12.7 Å². The fourth-order valence-electron chi connectivity index (χ4n) is 6.91. The van der Waals surface area contributed by atoms with Crippen molar-refractivity contribution in [3.8, 4) is 11.3 Å². The van der Waals surface area contributed by atoms with Crippen LogP contribution in [-0.2, 0) is 11.8 Å². The Morgan fingerprint density at radius 2 is 1.75 bits per heavy atom. The molecule has 5 aromatic rings. The van der Waals surface area contributed by atoms with Crippen LogP contribution in [0.3, 0.4) is 0 Å². The van der Waals surface area contributed by atoms with Gasteiger partial charge in [-0.2, -0.15) is 13.2 Å². The second kappa shape index (κ2) is 11.5. The van der Waals surface area contributed by atoms with E-state index in [-0.39, 0.29) is 6.04 Å². The lowest BCUT2D eigenvalue weighted by Crippen LogP contribution is -2.49. The number of benzene rings is 1. The van der Waals surface area contributed by atoms with Crippen LogP contribution in [0.4, 0.5) is 19.0 Å². The molecule has 0 aliphatic carbocycles. The number of aromatic nitrogens is 6. The Kier molecular flexibility index (Phi) is 7.49. The standard InChI is InChI=1S/C32H35F3N8O/c1-21-29(40(2)39-38-21)24-18-26-28(36-19-24)25-8-9-27(42-14-12-41(13-15-42)20-32(33,34)35)37-31(25)43(26)30(22-6-4-3-5-7-22)23-10-16-44-17-11-23/h3-9,18-19,23,30H,10-17,20H2,1-2H3/t30-/m1/s1. The molecule has 2 saturated heterocycles. The van der Waals surface area contributed by atoms with Crippen LogP contribution in [0.5, 0.6) is 0 Å². The van der Waals surface area contributed by atoms with E-state index in [4.69, 9.17) is 14.7 Å². The summed E-state index contributed by atoms with van der Waals surface area (Å²) in [6.45, 7) is 4.09. The number of pyridine rings is 2. The fraction of sp³-hybridized carbons (Fsp3) is 0.438. The van der Waals surface area contributed by atoms with Crippen LogP contribution in [0.25, 0.3) is 33.3 Å². The molecule has 2 aliphatic heterocycles. The molecular weight excluding hydrogens is 569 g/mol. The molecular formula is C32H35F3N8O. The molecule has 1 atom stereocenters. The van der Waals surface area contributed by atoms with Gasteiger partial charge in [-0.25, -0.2) is 9.67 Å². The van der Waals surface area contributed by atoms with Crippen molar-refractivity contribution >= 4 is 27.9 Å². The lowest BCUT2D eigenvalue weighted by atomic mass is 9.86. The third-order valence-corrected chi connectivity index (χ3v) is 8.97. The molecule has 2 fully saturated rings. The van der Waals surface area contributed by atoms with Gasteiger partial charge in [-0.3, -0.25) is 9.88 Å². The number of alkyl halides is 3. The molecule has 0 N–H and O–H groups in total. The lowest BCUT2D eigenvalue weighted by molar-refractivity contribution is -0.146. The highest BCUT2D eigenvalue weighted by Crippen LogP contribution is 2.41. The summed E-state index contributed by atoms with van der Waals surface area (Å²) < 4.78 is 48.9. The second-order valence-corrected chi connectivity index (χ2v) is 11.8. The Morgan fingerprint density at radius 1 is 1.00 bits per heavy atom. The van der Waals surface area contributed by atoms with Crippen molar-refractivity contribution in [1.29, 1.82) is 0 Å². The highest BCUT2D eigenvalue weighted by molar-refractivity contribution is 6.05. The summed E-state index contributed by atoms with van der Waals surface area (Å²) in [4.78, 5) is 13.8. The summed E-state index contributed by atoms with van der Waals surface area (Å²) in [6.07, 6.45) is -0.497. The van der Waals surface area contributed by atoms with Crippen LogP contribution in [-0.4, -0.2) is 86.5 Å². The fourth-order valence-corrected chi connectivity index (χ4v) is 6.91. The van der Waals surface area contributed by atoms with Gasteiger partial charge in [-0.15, -0.1) is 5.10 Å². The number of halogens is 3. The topological polar surface area (TPSA) is 77.1 Å². The normalized spacial score (nSPS) is 18.0. The number of hydrogen-bond donors (Lipinski definition) is 0. The van der Waals surface area contributed by atoms with E-state index in [0.29, 0.717) is 45.3 Å². The molecule has 0 spiro atoms. The first-order valence-corrected chi connectivity index (χ1v) is 15.1. The maximum atomic E-state index is 13.0. The summed E-state index contributed by atoms with van der Waals surface area (Å²) in [5.41, 5.74) is 6.49. The maximum Gasteiger partial charge on any atom is 0.401 e. The molecule has 9 nitrogen and oxygen atoms in total. The SMILES string of the molecule is Cc1nnn(C)c1-c1cnc2c3ccc(N4CCN(CC(F)(F)F)CC4)nc3n([C@H](c3ccccc3)C3CCOCC3)c2c1. The predicted molar refractivity (Wildman–Crippen MR) is 163 cm³/mol. The molecule has 0 bridgehead atoms. The van der Waals surface area contributed by atoms with Gasteiger partial charge in [-0.05, 0) is 49.4 Å². The largest absolute Gasteiger partial charge is 0.401 e. The Labute approximate surface area is 253 Å². The number of piperazine rings is 1. The zero-order valence-corrected chi connectivity index (χ0v) is 24.8. The Morgan fingerprint density at radius 3 is 2.43 bits per heavy atom. The van der Waals surface area contributed by atoms with Crippen LogP contribution in [0.1, 0.15) is 30.1 Å². The highest BCUT2D eigenvalue weighted by atomic mass is 19.4. The van der Waals surface area contributed by atoms with Gasteiger partial charge in [0.2, 0.25) is 0 Å². The van der Waals surface area contributed by atoms with Crippen molar-refractivity contribution in [2.75, 3.05) is 50.8 Å². The summed E-state index contributed by atoms with van der Waals surface area (Å²) >= 11 is 0. The lowest BCUT2D eigenvalue weighted by Gasteiger charge is -2.36. The first-order valence-electron chi connectivity index (χ1n) is 15.1. The Bertz CT molecular complexity index is 1750. The molecule has 230 valence electrons. The molecule has 6 heterocycles. The average molecular weight is 605 g/mol. The van der Waals surface area contributed by atoms with E-state index in [0.717, 1.165) is 57.7 Å². The van der Waals surface area contributed by atoms with E-state index in [2.05, 4.69) is 56.2 Å². The van der Waals surface area contributed by atoms with E-state index in [9.17, 15) is 13.2 Å². The first kappa shape index (κ1) is 28.7. The maximum absolute atomic E-state index is 13.0. The van der Waals surface area contributed by atoms with Gasteiger partial charge in [-0.1, -0.05) is 35.5 Å². The quantitative estimate of drug-likeness (QED) is 0.257. The zero-order chi connectivity index (χ0) is 30.4. The average Bonchev–Trinajstić information content (AvgIpc) is 3.53. The molecule has 2 aliphatic rings. The smallest absolute Gasteiger partial charge is 0.381 e. The van der Waals surface area contributed by atoms with Crippen LogP contribution in [0.2, 0.25) is 0 Å². The molecule has 1 aromatic carbocycles. The number of fused-ring (bicyclic) bond motifs is 3. The predicted octanol–water partition coefficient (Wildman–Crippen LogP) is 5.39. The molecule has 44 heavy (non-hydrogen) atoms. The number of aryl methyl sites for hydroxylation is 2. The van der Waals surface area contributed by atoms with Crippen molar-refractivity contribution in [1.82, 2.24) is 34.4 Å². The molecule has 0 unspecified atom stereocenters. The molecule has 0 amide bonds. The number of hydrogen-bond acceptors (Lipinski definition) is 7. The molecule has 0 radical (unpaired) electrons. The van der Waals surface area contributed by atoms with E-state index >= 15 is 0 Å². The van der Waals surface area contributed by atoms with Crippen LogP contribution in [0, 0.1) is 12.8 Å². The Balaban J connectivity index is 1.39. The van der Waals surface area contributed by atoms with E-state index in [1.165, 1.54) is 10.5 Å². The summed E-state index contributed by atoms with van der Waals surface area (Å²) in [5, 5.41) is 9.42. The van der Waals surface area contributed by atoms with Gasteiger partial charge >= 0.3 is 6.18 Å². The zero-order valence-electron chi connectivity index (χ0n) is 24.8. The number of rotatable bonds is 6. The Hall–Kier alpha value is -4.03. The van der Waals surface area contributed by atoms with Gasteiger partial charge < -0.3 is 14.2 Å². The van der Waals surface area contributed by atoms with Crippen molar-refractivity contribution < 1.29 is 17.9 Å². The summed E-state index contributed by atoms with van der Waals surface area (Å²) in [5.74, 6) is 1.07. The highest BCUT2D eigenvalue weighted by Gasteiger charge is 2.34. The van der Waals surface area contributed by atoms with Gasteiger partial charge in [0.25, 0.3) is 0 Å². The molecule has 12 heteroatoms. The number of ether oxygens (including phenoxy) is 1.